The molecule has 0 bridgehead atoms. The SMILES string of the molecule is CC.CC.CC.CN(C)C(=O)c1ccccc1N(C)S(C)(=O)=O. The molecule has 0 unspecified atom stereocenters. The minimum atomic E-state index is -3.38. The van der Waals surface area contributed by atoms with E-state index in [1.807, 2.05) is 41.5 Å². The Balaban J connectivity index is -0.000000595. The summed E-state index contributed by atoms with van der Waals surface area (Å²) in [5.41, 5.74) is 0.749. The van der Waals surface area contributed by atoms with Gasteiger partial charge >= 0.3 is 0 Å². The lowest BCUT2D eigenvalue weighted by Gasteiger charge is -2.21. The lowest BCUT2D eigenvalue weighted by Crippen LogP contribution is -2.29. The van der Waals surface area contributed by atoms with Crippen LogP contribution in [0.2, 0.25) is 0 Å². The molecule has 136 valence electrons. The van der Waals surface area contributed by atoms with Gasteiger partial charge in [0.15, 0.2) is 0 Å². The fourth-order valence-electron chi connectivity index (χ4n) is 1.35. The molecule has 0 radical (unpaired) electrons. The van der Waals surface area contributed by atoms with E-state index in [1.165, 1.54) is 11.9 Å². The number of hydrogen-bond donors (Lipinski definition) is 0. The average molecular weight is 347 g/mol. The highest BCUT2D eigenvalue weighted by Gasteiger charge is 2.19. The first-order valence-electron chi connectivity index (χ1n) is 7.99. The molecule has 5 nitrogen and oxygen atoms in total. The van der Waals surface area contributed by atoms with Crippen molar-refractivity contribution in [1.29, 1.82) is 0 Å². The molecule has 0 saturated carbocycles. The predicted molar refractivity (Wildman–Crippen MR) is 102 cm³/mol. The van der Waals surface area contributed by atoms with Gasteiger partial charge in [-0.2, -0.15) is 0 Å². The fraction of sp³-hybridized carbons (Fsp3) is 0.588. The molecule has 1 aromatic carbocycles. The van der Waals surface area contributed by atoms with Crippen LogP contribution in [-0.4, -0.2) is 46.6 Å². The second-order valence-corrected chi connectivity index (χ2v) is 5.96. The van der Waals surface area contributed by atoms with Crippen molar-refractivity contribution < 1.29 is 13.2 Å². The average Bonchev–Trinajstić information content (AvgIpc) is 2.58. The van der Waals surface area contributed by atoms with E-state index >= 15 is 0 Å². The van der Waals surface area contributed by atoms with Gasteiger partial charge in [-0.3, -0.25) is 9.10 Å². The number of hydrogen-bond acceptors (Lipinski definition) is 3. The summed E-state index contributed by atoms with van der Waals surface area (Å²) in [7, 11) is 1.30. The Morgan fingerprint density at radius 3 is 1.61 bits per heavy atom. The summed E-state index contributed by atoms with van der Waals surface area (Å²) < 4.78 is 24.1. The summed E-state index contributed by atoms with van der Waals surface area (Å²) >= 11 is 0. The molecule has 1 aromatic rings. The highest BCUT2D eigenvalue weighted by atomic mass is 32.2. The van der Waals surface area contributed by atoms with Gasteiger partial charge in [-0.05, 0) is 12.1 Å². The molecule has 0 spiro atoms. The van der Waals surface area contributed by atoms with Crippen molar-refractivity contribution in [2.24, 2.45) is 0 Å². The van der Waals surface area contributed by atoms with Crippen molar-refractivity contribution in [3.8, 4) is 0 Å². The zero-order chi connectivity index (χ0) is 19.2. The zero-order valence-corrected chi connectivity index (χ0v) is 17.2. The number of sulfonamides is 1. The molecule has 0 N–H and O–H groups in total. The second-order valence-electron chi connectivity index (χ2n) is 3.95. The Kier molecular flexibility index (Phi) is 16.1. The molecule has 23 heavy (non-hydrogen) atoms. The van der Waals surface area contributed by atoms with Crippen LogP contribution >= 0.6 is 0 Å². The summed E-state index contributed by atoms with van der Waals surface area (Å²) in [4.78, 5) is 13.3. The van der Waals surface area contributed by atoms with E-state index in [9.17, 15) is 13.2 Å². The summed E-state index contributed by atoms with van der Waals surface area (Å²) in [6, 6.07) is 6.62. The molecule has 0 saturated heterocycles. The molecule has 0 heterocycles. The number of para-hydroxylation sites is 1. The Morgan fingerprint density at radius 1 is 0.870 bits per heavy atom. The van der Waals surface area contributed by atoms with Crippen molar-refractivity contribution in [2.45, 2.75) is 41.5 Å². The minimum Gasteiger partial charge on any atom is -0.345 e. The molecule has 0 aliphatic carbocycles. The van der Waals surface area contributed by atoms with E-state index in [-0.39, 0.29) is 5.91 Å². The highest BCUT2D eigenvalue weighted by molar-refractivity contribution is 7.92. The molecule has 0 aliphatic rings. The zero-order valence-electron chi connectivity index (χ0n) is 16.3. The van der Waals surface area contributed by atoms with Crippen molar-refractivity contribution in [3.05, 3.63) is 29.8 Å². The fourth-order valence-corrected chi connectivity index (χ4v) is 1.87. The van der Waals surface area contributed by atoms with Gasteiger partial charge in [0.2, 0.25) is 10.0 Å². The van der Waals surface area contributed by atoms with Crippen LogP contribution in [0.4, 0.5) is 5.69 Å². The van der Waals surface area contributed by atoms with Crippen LogP contribution in [0, 0.1) is 0 Å². The Hall–Kier alpha value is -1.56. The van der Waals surface area contributed by atoms with E-state index in [0.29, 0.717) is 11.3 Å². The summed E-state index contributed by atoms with van der Waals surface area (Å²) in [6.45, 7) is 12.0. The number of carbonyl (C=O) groups is 1. The largest absolute Gasteiger partial charge is 0.345 e. The van der Waals surface area contributed by atoms with Crippen LogP contribution in [0.1, 0.15) is 51.9 Å². The van der Waals surface area contributed by atoms with E-state index in [1.54, 1.807) is 38.4 Å². The maximum atomic E-state index is 11.9. The first kappa shape index (κ1) is 26.3. The number of amides is 1. The van der Waals surface area contributed by atoms with E-state index in [4.69, 9.17) is 0 Å². The normalized spacial score (nSPS) is 8.96. The lowest BCUT2D eigenvalue weighted by molar-refractivity contribution is 0.0828. The highest BCUT2D eigenvalue weighted by Crippen LogP contribution is 2.22. The molecular weight excluding hydrogens is 312 g/mol. The third-order valence-electron chi connectivity index (χ3n) is 2.38. The maximum Gasteiger partial charge on any atom is 0.255 e. The smallest absolute Gasteiger partial charge is 0.255 e. The monoisotopic (exact) mass is 346 g/mol. The van der Waals surface area contributed by atoms with Crippen molar-refractivity contribution in [1.82, 2.24) is 4.90 Å². The molecule has 0 atom stereocenters. The quantitative estimate of drug-likeness (QED) is 0.835. The van der Waals surface area contributed by atoms with Crippen molar-refractivity contribution >= 4 is 21.6 Å². The Labute approximate surface area is 143 Å². The third kappa shape index (κ3) is 9.23. The first-order chi connectivity index (χ1) is 10.7. The van der Waals surface area contributed by atoms with E-state index in [2.05, 4.69) is 0 Å². The standard InChI is InChI=1S/C11H16N2O3S.3C2H6/c1-12(2)11(14)9-7-5-6-8-10(9)13(3)17(4,15)16;3*1-2/h5-8H,1-4H3;3*1-2H3. The van der Waals surface area contributed by atoms with Gasteiger partial charge in [0, 0.05) is 21.1 Å². The third-order valence-corrected chi connectivity index (χ3v) is 3.57. The van der Waals surface area contributed by atoms with Gasteiger partial charge in [-0.15, -0.1) is 0 Å². The maximum absolute atomic E-state index is 11.9. The van der Waals surface area contributed by atoms with Crippen LogP contribution in [-0.2, 0) is 10.0 Å². The van der Waals surface area contributed by atoms with Crippen molar-refractivity contribution in [3.63, 3.8) is 0 Å². The first-order valence-corrected chi connectivity index (χ1v) is 9.84. The topological polar surface area (TPSA) is 57.7 Å². The summed E-state index contributed by atoms with van der Waals surface area (Å²) in [5, 5.41) is 0. The number of anilines is 1. The van der Waals surface area contributed by atoms with Gasteiger partial charge in [-0.1, -0.05) is 53.7 Å². The number of carbonyl (C=O) groups excluding carboxylic acids is 1. The minimum absolute atomic E-state index is 0.226. The van der Waals surface area contributed by atoms with Gasteiger partial charge in [0.25, 0.3) is 5.91 Å². The van der Waals surface area contributed by atoms with Crippen LogP contribution < -0.4 is 4.31 Å². The van der Waals surface area contributed by atoms with Gasteiger partial charge in [0.1, 0.15) is 0 Å². The molecule has 6 heteroatoms. The molecule has 1 amide bonds. The Bertz CT molecular complexity index is 526. The molecule has 0 fully saturated rings. The van der Waals surface area contributed by atoms with Gasteiger partial charge in [-0.25, -0.2) is 8.42 Å². The van der Waals surface area contributed by atoms with Crippen LogP contribution in [0.15, 0.2) is 24.3 Å². The lowest BCUT2D eigenvalue weighted by atomic mass is 10.1. The van der Waals surface area contributed by atoms with Crippen molar-refractivity contribution in [2.75, 3.05) is 31.7 Å². The van der Waals surface area contributed by atoms with E-state index < -0.39 is 10.0 Å². The molecule has 1 rings (SSSR count). The summed E-state index contributed by atoms with van der Waals surface area (Å²) in [5.74, 6) is -0.226. The number of rotatable bonds is 3. The number of nitrogens with zero attached hydrogens (tertiary/aromatic N) is 2. The molecule has 0 aromatic heterocycles. The van der Waals surface area contributed by atoms with Crippen LogP contribution in [0.25, 0.3) is 0 Å². The van der Waals surface area contributed by atoms with Gasteiger partial charge < -0.3 is 4.90 Å². The van der Waals surface area contributed by atoms with E-state index in [0.717, 1.165) is 10.6 Å². The number of benzene rings is 1. The van der Waals surface area contributed by atoms with Gasteiger partial charge in [0.05, 0.1) is 17.5 Å². The second kappa shape index (κ2) is 14.1. The molecule has 0 aliphatic heterocycles. The Morgan fingerprint density at radius 2 is 1.26 bits per heavy atom. The predicted octanol–water partition coefficient (Wildman–Crippen LogP) is 3.86. The summed E-state index contributed by atoms with van der Waals surface area (Å²) in [6.07, 6.45) is 1.10. The molecular formula is C17H34N2O3S. The van der Waals surface area contributed by atoms with Crippen LogP contribution in [0.5, 0.6) is 0 Å². The van der Waals surface area contributed by atoms with Crippen LogP contribution in [0.3, 0.4) is 0 Å².